The van der Waals surface area contributed by atoms with Crippen molar-refractivity contribution < 1.29 is 0 Å². The van der Waals surface area contributed by atoms with E-state index in [4.69, 9.17) is 0 Å². The number of nitrogens with one attached hydrogen (secondary N) is 1. The smallest absolute Gasteiger partial charge is 0.122 e. The molecule has 4 nitrogen and oxygen atoms in total. The molecule has 1 aliphatic rings. The second kappa shape index (κ2) is 7.31. The Balaban J connectivity index is 2.38. The van der Waals surface area contributed by atoms with Gasteiger partial charge in [0.25, 0.3) is 0 Å². The minimum absolute atomic E-state index is 0.105. The molecule has 1 aromatic rings. The van der Waals surface area contributed by atoms with Crippen LogP contribution >= 0.6 is 0 Å². The fourth-order valence-corrected chi connectivity index (χ4v) is 3.52. The molecule has 1 N–H and O–H groups in total. The molecule has 0 aliphatic heterocycles. The topological polar surface area (TPSA) is 83.4 Å². The monoisotopic (exact) mass is 318 g/mol. The van der Waals surface area contributed by atoms with Crippen molar-refractivity contribution in [3.8, 4) is 18.2 Å². The maximum atomic E-state index is 9.96. The van der Waals surface area contributed by atoms with E-state index in [-0.39, 0.29) is 17.8 Å². The summed E-state index contributed by atoms with van der Waals surface area (Å²) >= 11 is 0. The van der Waals surface area contributed by atoms with Crippen LogP contribution in [0.3, 0.4) is 0 Å². The first kappa shape index (κ1) is 17.7. The Hall–Kier alpha value is -2.61. The molecule has 1 fully saturated rings. The zero-order valence-electron chi connectivity index (χ0n) is 14.2. The maximum absolute atomic E-state index is 9.96. The van der Waals surface area contributed by atoms with Crippen molar-refractivity contribution in [1.29, 1.82) is 15.8 Å². The number of rotatable bonds is 4. The van der Waals surface area contributed by atoms with Gasteiger partial charge in [0.05, 0.1) is 24.1 Å². The van der Waals surface area contributed by atoms with Gasteiger partial charge in [0.2, 0.25) is 0 Å². The average molecular weight is 318 g/mol. The Morgan fingerprint density at radius 3 is 2.46 bits per heavy atom. The summed E-state index contributed by atoms with van der Waals surface area (Å²) in [6, 6.07) is 15.8. The fourth-order valence-electron chi connectivity index (χ4n) is 3.52. The van der Waals surface area contributed by atoms with Crippen LogP contribution in [-0.4, -0.2) is 5.54 Å². The number of hydrogen-bond donors (Lipinski definition) is 1. The van der Waals surface area contributed by atoms with E-state index >= 15 is 0 Å². The maximum Gasteiger partial charge on any atom is 0.122 e. The molecule has 0 aromatic heterocycles. The lowest BCUT2D eigenvalue weighted by Crippen LogP contribution is -2.56. The molecular formula is C20H22N4. The van der Waals surface area contributed by atoms with E-state index in [1.54, 1.807) is 0 Å². The molecule has 1 aliphatic carbocycles. The third kappa shape index (κ3) is 3.33. The first-order valence-electron chi connectivity index (χ1n) is 8.16. The number of hydrogen-bond acceptors (Lipinski definition) is 4. The van der Waals surface area contributed by atoms with Gasteiger partial charge in [-0.3, -0.25) is 5.32 Å². The third-order valence-corrected chi connectivity index (χ3v) is 5.21. The van der Waals surface area contributed by atoms with Gasteiger partial charge in [-0.25, -0.2) is 0 Å². The predicted octanol–water partition coefficient (Wildman–Crippen LogP) is 3.87. The standard InChI is InChI=1S/C20H22N4/c1-14(2)17-9-18(11-21)15(3)20(10-17,13-23)24-19(12-22)16-7-5-4-6-8-16/h4-8,15,17-19,24H,1,9-10H2,2-3H3/t15-,17-,18+,19+,20+/m1/s1. The van der Waals surface area contributed by atoms with Crippen LogP contribution in [-0.2, 0) is 0 Å². The first-order chi connectivity index (χ1) is 11.5. The van der Waals surface area contributed by atoms with Crippen LogP contribution in [0.5, 0.6) is 0 Å². The molecule has 0 heterocycles. The van der Waals surface area contributed by atoms with E-state index in [1.807, 2.05) is 44.2 Å². The molecule has 24 heavy (non-hydrogen) atoms. The highest BCUT2D eigenvalue weighted by Gasteiger charge is 2.48. The van der Waals surface area contributed by atoms with Crippen molar-refractivity contribution in [3.05, 3.63) is 48.0 Å². The zero-order chi connectivity index (χ0) is 17.7. The molecule has 2 rings (SSSR count). The van der Waals surface area contributed by atoms with Crippen LogP contribution in [0.1, 0.15) is 38.3 Å². The van der Waals surface area contributed by atoms with Crippen molar-refractivity contribution in [3.63, 3.8) is 0 Å². The van der Waals surface area contributed by atoms with Crippen molar-refractivity contribution in [1.82, 2.24) is 5.32 Å². The minimum atomic E-state index is -0.918. The zero-order valence-corrected chi connectivity index (χ0v) is 14.2. The largest absolute Gasteiger partial charge is 0.280 e. The van der Waals surface area contributed by atoms with Gasteiger partial charge < -0.3 is 0 Å². The number of benzene rings is 1. The number of nitrogens with zero attached hydrogens (tertiary/aromatic N) is 3. The van der Waals surface area contributed by atoms with Gasteiger partial charge in [-0.15, -0.1) is 0 Å². The highest BCUT2D eigenvalue weighted by molar-refractivity contribution is 5.28. The van der Waals surface area contributed by atoms with Crippen LogP contribution in [0, 0.1) is 51.7 Å². The third-order valence-electron chi connectivity index (χ3n) is 5.21. The normalized spacial score (nSPS) is 30.4. The molecule has 1 aromatic carbocycles. The van der Waals surface area contributed by atoms with Crippen LogP contribution in [0.2, 0.25) is 0 Å². The molecule has 0 radical (unpaired) electrons. The van der Waals surface area contributed by atoms with Crippen molar-refractivity contribution in [2.24, 2.45) is 17.8 Å². The first-order valence-corrected chi connectivity index (χ1v) is 8.16. The second-order valence-corrected chi connectivity index (χ2v) is 6.71. The Bertz CT molecular complexity index is 719. The van der Waals surface area contributed by atoms with Gasteiger partial charge in [0, 0.05) is 5.92 Å². The molecule has 0 spiro atoms. The molecule has 122 valence electrons. The molecule has 1 saturated carbocycles. The van der Waals surface area contributed by atoms with E-state index in [9.17, 15) is 15.8 Å². The minimum Gasteiger partial charge on any atom is -0.280 e. The molecular weight excluding hydrogens is 296 g/mol. The average Bonchev–Trinajstić information content (AvgIpc) is 2.61. The van der Waals surface area contributed by atoms with Gasteiger partial charge >= 0.3 is 0 Å². The molecule has 5 atom stereocenters. The highest BCUT2D eigenvalue weighted by Crippen LogP contribution is 2.43. The summed E-state index contributed by atoms with van der Waals surface area (Å²) in [6.45, 7) is 7.89. The molecule has 0 amide bonds. The second-order valence-electron chi connectivity index (χ2n) is 6.71. The lowest BCUT2D eigenvalue weighted by molar-refractivity contribution is 0.133. The van der Waals surface area contributed by atoms with E-state index in [2.05, 4.69) is 30.1 Å². The number of nitriles is 3. The summed E-state index contributed by atoms with van der Waals surface area (Å²) in [5.41, 5.74) is 0.892. The summed E-state index contributed by atoms with van der Waals surface area (Å²) in [4.78, 5) is 0. The molecule has 0 saturated heterocycles. The predicted molar refractivity (Wildman–Crippen MR) is 92.1 cm³/mol. The Labute approximate surface area is 144 Å². The van der Waals surface area contributed by atoms with E-state index < -0.39 is 11.6 Å². The SMILES string of the molecule is C=C(C)[C@@H]1C[C@@H](C#N)[C@@H](C)[C@](C#N)(N[C@@H](C#N)c2ccccc2)C1. The summed E-state index contributed by atoms with van der Waals surface area (Å²) in [6.07, 6.45) is 1.30. The van der Waals surface area contributed by atoms with Crippen LogP contribution < -0.4 is 5.32 Å². The fraction of sp³-hybridized carbons (Fsp3) is 0.450. The Morgan fingerprint density at radius 1 is 1.29 bits per heavy atom. The van der Waals surface area contributed by atoms with Gasteiger partial charge in [-0.1, -0.05) is 49.4 Å². The summed E-state index contributed by atoms with van der Waals surface area (Å²) in [5.74, 6) is -0.293. The van der Waals surface area contributed by atoms with E-state index in [0.717, 1.165) is 17.6 Å². The van der Waals surface area contributed by atoms with E-state index in [0.29, 0.717) is 6.42 Å². The van der Waals surface area contributed by atoms with Crippen LogP contribution in [0.25, 0.3) is 0 Å². The molecule has 0 bridgehead atoms. The van der Waals surface area contributed by atoms with Crippen molar-refractivity contribution >= 4 is 0 Å². The van der Waals surface area contributed by atoms with Gasteiger partial charge in [-0.2, -0.15) is 15.8 Å². The summed E-state index contributed by atoms with van der Waals surface area (Å²) in [5, 5.41) is 32.3. The number of allylic oxidation sites excluding steroid dienone is 1. The summed E-state index contributed by atoms with van der Waals surface area (Å²) < 4.78 is 0. The van der Waals surface area contributed by atoms with Gasteiger partial charge in [0.15, 0.2) is 0 Å². The van der Waals surface area contributed by atoms with Crippen molar-refractivity contribution in [2.75, 3.05) is 0 Å². The summed E-state index contributed by atoms with van der Waals surface area (Å²) in [7, 11) is 0. The van der Waals surface area contributed by atoms with Crippen LogP contribution in [0.15, 0.2) is 42.5 Å². The van der Waals surface area contributed by atoms with Crippen LogP contribution in [0.4, 0.5) is 0 Å². The Morgan fingerprint density at radius 2 is 1.96 bits per heavy atom. The van der Waals surface area contributed by atoms with Gasteiger partial charge in [0.1, 0.15) is 11.6 Å². The highest BCUT2D eigenvalue weighted by atomic mass is 15.0. The van der Waals surface area contributed by atoms with Crippen molar-refractivity contribution in [2.45, 2.75) is 38.3 Å². The quantitative estimate of drug-likeness (QED) is 0.854. The van der Waals surface area contributed by atoms with E-state index in [1.165, 1.54) is 0 Å². The Kier molecular flexibility index (Phi) is 5.40. The lowest BCUT2D eigenvalue weighted by Gasteiger charge is -2.45. The molecule has 0 unspecified atom stereocenters. The lowest BCUT2D eigenvalue weighted by atomic mass is 9.63. The molecule has 4 heteroatoms. The van der Waals surface area contributed by atoms with Gasteiger partial charge in [-0.05, 0) is 31.2 Å².